The van der Waals surface area contributed by atoms with Crippen LogP contribution < -0.4 is 15.8 Å². The number of hydrogen-bond donors (Lipinski definition) is 1. The fraction of sp³-hybridized carbons (Fsp3) is 0.333. The second-order valence-corrected chi connectivity index (χ2v) is 4.70. The molecule has 0 spiro atoms. The Morgan fingerprint density at radius 3 is 2.26 bits per heavy atom. The molecule has 0 fully saturated rings. The maximum Gasteiger partial charge on any atom is 0.268 e. The Bertz CT molecular complexity index is 636. The third-order valence-electron chi connectivity index (χ3n) is 3.33. The van der Waals surface area contributed by atoms with Gasteiger partial charge in [0.25, 0.3) is 5.43 Å². The molecule has 2 aromatic rings. The van der Waals surface area contributed by atoms with Crippen LogP contribution in [0.5, 0.6) is 5.75 Å². The normalized spacial score (nSPS) is 10.8. The lowest BCUT2D eigenvalue weighted by atomic mass is 10.00. The number of unbranched alkanes of at least 4 members (excludes halogenated alkanes) is 1. The van der Waals surface area contributed by atoms with Gasteiger partial charge in [-0.2, -0.15) is 0 Å². The van der Waals surface area contributed by atoms with Gasteiger partial charge in [0.2, 0.25) is 5.43 Å². The Labute approximate surface area is 111 Å². The van der Waals surface area contributed by atoms with Gasteiger partial charge < -0.3 is 10.0 Å². The van der Waals surface area contributed by atoms with Crippen LogP contribution in [-0.4, -0.2) is 18.7 Å². The van der Waals surface area contributed by atoms with Crippen LogP contribution in [0.15, 0.2) is 33.9 Å². The molecule has 1 N–H and O–H groups in total. The van der Waals surface area contributed by atoms with Crippen molar-refractivity contribution in [2.24, 2.45) is 0 Å². The fourth-order valence-electron chi connectivity index (χ4n) is 2.05. The standard InChI is InChI=1S/C15H17NO3/c1-3-4-9-16(2)11-7-5-10(6-8-11)12-13(17)15(19)14(12)18/h5-8,17H,3-4,9H2,1-2H3. The molecule has 0 atom stereocenters. The maximum atomic E-state index is 11.4. The van der Waals surface area contributed by atoms with Crippen molar-refractivity contribution in [2.75, 3.05) is 18.5 Å². The van der Waals surface area contributed by atoms with Crippen LogP contribution in [0.4, 0.5) is 5.69 Å². The van der Waals surface area contributed by atoms with Crippen LogP contribution in [0.3, 0.4) is 0 Å². The van der Waals surface area contributed by atoms with Gasteiger partial charge in [0.15, 0.2) is 5.75 Å². The van der Waals surface area contributed by atoms with Gasteiger partial charge in [-0.05, 0) is 24.1 Å². The molecule has 4 heteroatoms. The van der Waals surface area contributed by atoms with Crippen molar-refractivity contribution in [3.05, 3.63) is 44.7 Å². The van der Waals surface area contributed by atoms with Crippen LogP contribution in [0, 0.1) is 0 Å². The van der Waals surface area contributed by atoms with E-state index in [1.807, 2.05) is 19.2 Å². The van der Waals surface area contributed by atoms with E-state index in [0.29, 0.717) is 5.56 Å². The van der Waals surface area contributed by atoms with Gasteiger partial charge >= 0.3 is 0 Å². The minimum absolute atomic E-state index is 0.132. The van der Waals surface area contributed by atoms with E-state index in [0.717, 1.165) is 25.1 Å². The Morgan fingerprint density at radius 2 is 1.74 bits per heavy atom. The highest BCUT2D eigenvalue weighted by Gasteiger charge is 2.21. The lowest BCUT2D eigenvalue weighted by Gasteiger charge is -2.19. The first-order valence-corrected chi connectivity index (χ1v) is 6.40. The molecule has 4 nitrogen and oxygen atoms in total. The molecule has 0 amide bonds. The number of anilines is 1. The van der Waals surface area contributed by atoms with Crippen LogP contribution in [0.1, 0.15) is 19.8 Å². The van der Waals surface area contributed by atoms with E-state index in [2.05, 4.69) is 11.8 Å². The first-order valence-electron chi connectivity index (χ1n) is 6.40. The predicted octanol–water partition coefficient (Wildman–Crippen LogP) is 1.89. The molecule has 19 heavy (non-hydrogen) atoms. The van der Waals surface area contributed by atoms with Crippen molar-refractivity contribution >= 4 is 5.69 Å². The van der Waals surface area contributed by atoms with E-state index >= 15 is 0 Å². The molecule has 0 aliphatic heterocycles. The van der Waals surface area contributed by atoms with Crippen molar-refractivity contribution in [2.45, 2.75) is 19.8 Å². The molecule has 0 radical (unpaired) electrons. The second-order valence-electron chi connectivity index (χ2n) is 4.70. The highest BCUT2D eigenvalue weighted by atomic mass is 16.3. The lowest BCUT2D eigenvalue weighted by Crippen LogP contribution is -2.31. The first-order chi connectivity index (χ1) is 9.06. The second kappa shape index (κ2) is 5.26. The van der Waals surface area contributed by atoms with Crippen LogP contribution in [0.2, 0.25) is 0 Å². The first kappa shape index (κ1) is 13.3. The minimum Gasteiger partial charge on any atom is -0.503 e. The molecular formula is C15H17NO3. The van der Waals surface area contributed by atoms with E-state index in [9.17, 15) is 14.7 Å². The van der Waals surface area contributed by atoms with E-state index in [1.165, 1.54) is 0 Å². The van der Waals surface area contributed by atoms with Crippen molar-refractivity contribution in [3.8, 4) is 16.9 Å². The summed E-state index contributed by atoms with van der Waals surface area (Å²) >= 11 is 0. The number of aromatic hydroxyl groups is 1. The molecule has 0 saturated heterocycles. The number of nitrogens with zero attached hydrogens (tertiary/aromatic N) is 1. The summed E-state index contributed by atoms with van der Waals surface area (Å²) in [5, 5.41) is 9.39. The lowest BCUT2D eigenvalue weighted by molar-refractivity contribution is 0.465. The largest absolute Gasteiger partial charge is 0.503 e. The van der Waals surface area contributed by atoms with Gasteiger partial charge in [-0.1, -0.05) is 25.5 Å². The highest BCUT2D eigenvalue weighted by Crippen LogP contribution is 2.26. The fourth-order valence-corrected chi connectivity index (χ4v) is 2.05. The summed E-state index contributed by atoms with van der Waals surface area (Å²) in [4.78, 5) is 24.5. The highest BCUT2D eigenvalue weighted by molar-refractivity contribution is 5.74. The number of rotatable bonds is 5. The van der Waals surface area contributed by atoms with E-state index in [1.54, 1.807) is 12.1 Å². The summed E-state index contributed by atoms with van der Waals surface area (Å²) in [6.45, 7) is 3.12. The molecule has 0 aliphatic rings. The zero-order valence-corrected chi connectivity index (χ0v) is 11.1. The Kier molecular flexibility index (Phi) is 3.69. The molecule has 0 aromatic heterocycles. The predicted molar refractivity (Wildman–Crippen MR) is 76.6 cm³/mol. The summed E-state index contributed by atoms with van der Waals surface area (Å²) in [7, 11) is 2.01. The number of hydrogen-bond acceptors (Lipinski definition) is 4. The summed E-state index contributed by atoms with van der Waals surface area (Å²) in [5.74, 6) is -0.419. The van der Waals surface area contributed by atoms with E-state index in [4.69, 9.17) is 0 Å². The average molecular weight is 259 g/mol. The zero-order valence-electron chi connectivity index (χ0n) is 11.1. The molecular weight excluding hydrogens is 242 g/mol. The Morgan fingerprint density at radius 1 is 1.11 bits per heavy atom. The third-order valence-corrected chi connectivity index (χ3v) is 3.33. The molecule has 100 valence electrons. The quantitative estimate of drug-likeness (QED) is 0.833. The summed E-state index contributed by atoms with van der Waals surface area (Å²) in [6, 6.07) is 7.30. The monoisotopic (exact) mass is 259 g/mol. The van der Waals surface area contributed by atoms with Crippen molar-refractivity contribution < 1.29 is 5.11 Å². The molecule has 2 aromatic carbocycles. The van der Waals surface area contributed by atoms with Crippen LogP contribution in [-0.2, 0) is 0 Å². The van der Waals surface area contributed by atoms with Gasteiger partial charge in [0, 0.05) is 19.3 Å². The van der Waals surface area contributed by atoms with Crippen LogP contribution in [0.25, 0.3) is 11.1 Å². The maximum absolute atomic E-state index is 11.4. The van der Waals surface area contributed by atoms with Gasteiger partial charge in [0.05, 0.1) is 5.56 Å². The van der Waals surface area contributed by atoms with Gasteiger partial charge in [-0.15, -0.1) is 0 Å². The van der Waals surface area contributed by atoms with Crippen LogP contribution >= 0.6 is 0 Å². The average Bonchev–Trinajstić information content (AvgIpc) is 2.45. The number of benzene rings is 1. The molecule has 2 rings (SSSR count). The minimum atomic E-state index is -0.792. The van der Waals surface area contributed by atoms with Gasteiger partial charge in [0.1, 0.15) is 0 Å². The van der Waals surface area contributed by atoms with Gasteiger partial charge in [-0.25, -0.2) is 0 Å². The molecule has 0 aliphatic carbocycles. The van der Waals surface area contributed by atoms with Crippen molar-refractivity contribution in [3.63, 3.8) is 0 Å². The Balaban J connectivity index is 2.20. The summed E-state index contributed by atoms with van der Waals surface area (Å²) < 4.78 is 0. The van der Waals surface area contributed by atoms with Gasteiger partial charge in [-0.3, -0.25) is 9.59 Å². The zero-order chi connectivity index (χ0) is 14.0. The topological polar surface area (TPSA) is 57.6 Å². The van der Waals surface area contributed by atoms with E-state index < -0.39 is 16.6 Å². The Hall–Kier alpha value is -2.10. The van der Waals surface area contributed by atoms with Crippen molar-refractivity contribution in [1.82, 2.24) is 0 Å². The van der Waals surface area contributed by atoms with Crippen molar-refractivity contribution in [1.29, 1.82) is 0 Å². The summed E-state index contributed by atoms with van der Waals surface area (Å²) in [6.07, 6.45) is 2.26. The molecule has 0 unspecified atom stereocenters. The smallest absolute Gasteiger partial charge is 0.268 e. The molecule has 0 heterocycles. The molecule has 0 saturated carbocycles. The summed E-state index contributed by atoms with van der Waals surface area (Å²) in [5.41, 5.74) is 0.376. The SMILES string of the molecule is CCCCN(C)c1ccc(-c2c(O)c(=O)c2=O)cc1. The van der Waals surface area contributed by atoms with E-state index in [-0.39, 0.29) is 5.56 Å². The third kappa shape index (κ3) is 2.38. The molecule has 0 bridgehead atoms.